The molecule has 0 aromatic heterocycles. The summed E-state index contributed by atoms with van der Waals surface area (Å²) in [5.74, 6) is 0. The van der Waals surface area contributed by atoms with Crippen LogP contribution in [0.3, 0.4) is 0 Å². The molecule has 0 N–H and O–H groups in total. The fraction of sp³-hybridized carbons (Fsp3) is 0.714. The molecule has 0 aromatic rings. The number of hydrogen-bond donors (Lipinski definition) is 0. The highest BCUT2D eigenvalue weighted by atomic mass is 14.4. The number of hydrogen-bond acceptors (Lipinski definition) is 0. The molecule has 0 aliphatic heterocycles. The molecule has 7 heavy (non-hydrogen) atoms. The van der Waals surface area contributed by atoms with Crippen LogP contribution in [0.4, 0.5) is 0 Å². The lowest BCUT2D eigenvalue weighted by Gasteiger charge is -1.93. The molecule has 1 saturated carbocycles. The largest absolute Gasteiger partial charge is 0.0911 e. The van der Waals surface area contributed by atoms with E-state index in [1.165, 1.54) is 12.8 Å². The van der Waals surface area contributed by atoms with Gasteiger partial charge in [0.15, 0.2) is 0 Å². The van der Waals surface area contributed by atoms with E-state index in [0.29, 0.717) is 5.41 Å². The Labute approximate surface area is 45.2 Å². The molecule has 0 bridgehead atoms. The van der Waals surface area contributed by atoms with E-state index >= 15 is 0 Å². The van der Waals surface area contributed by atoms with Crippen molar-refractivity contribution in [2.24, 2.45) is 5.41 Å². The van der Waals surface area contributed by atoms with Crippen LogP contribution in [0, 0.1) is 5.41 Å². The zero-order chi connectivity index (χ0) is 5.33. The van der Waals surface area contributed by atoms with Gasteiger partial charge in [-0.2, -0.15) is 0 Å². The van der Waals surface area contributed by atoms with E-state index in [-0.39, 0.29) is 0 Å². The lowest BCUT2D eigenvalue weighted by Crippen LogP contribution is -1.81. The molecular formula is C7H12. The monoisotopic (exact) mass is 96.1 g/mol. The fourth-order valence-corrected chi connectivity index (χ4v) is 0.766. The summed E-state index contributed by atoms with van der Waals surface area (Å²) >= 11 is 0. The number of rotatable bonds is 1. The zero-order valence-electron chi connectivity index (χ0n) is 5.07. The normalized spacial score (nSPS) is 26.0. The van der Waals surface area contributed by atoms with Gasteiger partial charge in [-0.3, -0.25) is 0 Å². The summed E-state index contributed by atoms with van der Waals surface area (Å²) in [6.07, 6.45) is 7.24. The van der Waals surface area contributed by atoms with Crippen LogP contribution in [-0.4, -0.2) is 0 Å². The molecule has 0 saturated heterocycles. The molecule has 1 aliphatic carbocycles. The molecule has 0 nitrogen and oxygen atoms in total. The van der Waals surface area contributed by atoms with E-state index in [2.05, 4.69) is 26.0 Å². The van der Waals surface area contributed by atoms with Crippen molar-refractivity contribution >= 4 is 0 Å². The number of allylic oxidation sites excluding steroid dienone is 2. The maximum Gasteiger partial charge on any atom is -0.0146 e. The Bertz CT molecular complexity index is 86.2. The van der Waals surface area contributed by atoms with E-state index in [4.69, 9.17) is 0 Å². The first-order valence-electron chi connectivity index (χ1n) is 2.91. The van der Waals surface area contributed by atoms with Gasteiger partial charge in [-0.1, -0.05) is 19.1 Å². The highest BCUT2D eigenvalue weighted by Gasteiger charge is 2.33. The summed E-state index contributed by atoms with van der Waals surface area (Å²) < 4.78 is 0. The van der Waals surface area contributed by atoms with Crippen molar-refractivity contribution in [3.05, 3.63) is 12.2 Å². The zero-order valence-corrected chi connectivity index (χ0v) is 5.07. The molecule has 1 fully saturated rings. The Hall–Kier alpha value is -0.260. The minimum Gasteiger partial charge on any atom is -0.0911 e. The molecule has 1 aliphatic rings. The van der Waals surface area contributed by atoms with Gasteiger partial charge in [-0.15, -0.1) is 0 Å². The van der Waals surface area contributed by atoms with Gasteiger partial charge in [-0.05, 0) is 25.2 Å². The topological polar surface area (TPSA) is 0 Å². The van der Waals surface area contributed by atoms with Gasteiger partial charge in [-0.25, -0.2) is 0 Å². The Kier molecular flexibility index (Phi) is 0.949. The molecule has 0 heteroatoms. The van der Waals surface area contributed by atoms with Gasteiger partial charge in [0, 0.05) is 0 Å². The second-order valence-corrected chi connectivity index (χ2v) is 2.65. The molecule has 0 aromatic carbocycles. The van der Waals surface area contributed by atoms with Crippen molar-refractivity contribution in [1.82, 2.24) is 0 Å². The molecule has 0 radical (unpaired) electrons. The molecule has 40 valence electrons. The van der Waals surface area contributed by atoms with Crippen molar-refractivity contribution in [3.8, 4) is 0 Å². The van der Waals surface area contributed by atoms with Crippen LogP contribution in [0.5, 0.6) is 0 Å². The quantitative estimate of drug-likeness (QED) is 0.439. The highest BCUT2D eigenvalue weighted by Crippen LogP contribution is 2.46. The Morgan fingerprint density at radius 2 is 2.00 bits per heavy atom. The summed E-state index contributed by atoms with van der Waals surface area (Å²) in [4.78, 5) is 0. The summed E-state index contributed by atoms with van der Waals surface area (Å²) in [5.41, 5.74) is 0.620. The minimum atomic E-state index is 0.620. The third-order valence-electron chi connectivity index (χ3n) is 1.61. The highest BCUT2D eigenvalue weighted by molar-refractivity contribution is 5.05. The van der Waals surface area contributed by atoms with E-state index in [0.717, 1.165) is 0 Å². The maximum atomic E-state index is 2.30. The van der Waals surface area contributed by atoms with E-state index < -0.39 is 0 Å². The second-order valence-electron chi connectivity index (χ2n) is 2.65. The van der Waals surface area contributed by atoms with Crippen LogP contribution >= 0.6 is 0 Å². The fourth-order valence-electron chi connectivity index (χ4n) is 0.766. The van der Waals surface area contributed by atoms with Gasteiger partial charge in [0.2, 0.25) is 0 Å². The van der Waals surface area contributed by atoms with Crippen LogP contribution in [-0.2, 0) is 0 Å². The van der Waals surface area contributed by atoms with E-state index in [1.54, 1.807) is 0 Å². The van der Waals surface area contributed by atoms with Gasteiger partial charge >= 0.3 is 0 Å². The third kappa shape index (κ3) is 1.05. The lowest BCUT2D eigenvalue weighted by molar-refractivity contribution is 0.746. The van der Waals surface area contributed by atoms with Crippen LogP contribution in [0.1, 0.15) is 26.7 Å². The molecule has 0 heterocycles. The van der Waals surface area contributed by atoms with Crippen molar-refractivity contribution in [2.45, 2.75) is 26.7 Å². The molecule has 0 amide bonds. The average molecular weight is 96.2 g/mol. The smallest absolute Gasteiger partial charge is 0.0146 e. The van der Waals surface area contributed by atoms with Crippen LogP contribution in [0.2, 0.25) is 0 Å². The molecule has 0 atom stereocenters. The summed E-state index contributed by atoms with van der Waals surface area (Å²) in [7, 11) is 0. The van der Waals surface area contributed by atoms with Crippen molar-refractivity contribution in [3.63, 3.8) is 0 Å². The predicted molar refractivity (Wildman–Crippen MR) is 32.2 cm³/mol. The van der Waals surface area contributed by atoms with Gasteiger partial charge < -0.3 is 0 Å². The summed E-state index contributed by atoms with van der Waals surface area (Å²) in [5, 5.41) is 0. The van der Waals surface area contributed by atoms with Crippen LogP contribution in [0.25, 0.3) is 0 Å². The van der Waals surface area contributed by atoms with Crippen LogP contribution in [0.15, 0.2) is 12.2 Å². The molecule has 0 unspecified atom stereocenters. The summed E-state index contributed by atoms with van der Waals surface area (Å²) in [6.45, 7) is 4.39. The average Bonchev–Trinajstić information content (AvgIpc) is 2.22. The van der Waals surface area contributed by atoms with Gasteiger partial charge in [0.25, 0.3) is 0 Å². The predicted octanol–water partition coefficient (Wildman–Crippen LogP) is 2.36. The van der Waals surface area contributed by atoms with Crippen molar-refractivity contribution in [1.29, 1.82) is 0 Å². The first-order valence-corrected chi connectivity index (χ1v) is 2.91. The van der Waals surface area contributed by atoms with Gasteiger partial charge in [0.1, 0.15) is 0 Å². The first kappa shape index (κ1) is 4.89. The van der Waals surface area contributed by atoms with Crippen molar-refractivity contribution < 1.29 is 0 Å². The van der Waals surface area contributed by atoms with Crippen LogP contribution < -0.4 is 0 Å². The molecule has 0 spiro atoms. The SMILES string of the molecule is CC=CC1(C)CC1. The second kappa shape index (κ2) is 1.36. The minimum absolute atomic E-state index is 0.620. The lowest BCUT2D eigenvalue weighted by atomic mass is 10.1. The molecule has 1 rings (SSSR count). The Morgan fingerprint density at radius 3 is 2.14 bits per heavy atom. The van der Waals surface area contributed by atoms with Crippen molar-refractivity contribution in [2.75, 3.05) is 0 Å². The molecular weight excluding hydrogens is 84.1 g/mol. The Morgan fingerprint density at radius 1 is 1.43 bits per heavy atom. The third-order valence-corrected chi connectivity index (χ3v) is 1.61. The van der Waals surface area contributed by atoms with E-state index in [9.17, 15) is 0 Å². The van der Waals surface area contributed by atoms with E-state index in [1.807, 2.05) is 0 Å². The first-order chi connectivity index (χ1) is 3.27. The standard InChI is InChI=1S/C7H12/c1-3-4-7(2)5-6-7/h3-4H,5-6H2,1-2H3. The summed E-state index contributed by atoms with van der Waals surface area (Å²) in [6, 6.07) is 0. The maximum absolute atomic E-state index is 2.30. The Balaban J connectivity index is 2.40. The van der Waals surface area contributed by atoms with Gasteiger partial charge in [0.05, 0.1) is 0 Å².